The van der Waals surface area contributed by atoms with Crippen molar-refractivity contribution >= 4 is 16.8 Å². The van der Waals surface area contributed by atoms with Gasteiger partial charge in [-0.3, -0.25) is 4.79 Å². The third-order valence-electron chi connectivity index (χ3n) is 5.80. The van der Waals surface area contributed by atoms with E-state index in [0.29, 0.717) is 37.7 Å². The Morgan fingerprint density at radius 1 is 1.27 bits per heavy atom. The first-order chi connectivity index (χ1) is 14.4. The summed E-state index contributed by atoms with van der Waals surface area (Å²) in [5, 5.41) is 10.4. The first-order valence-corrected chi connectivity index (χ1v) is 10.3. The molecule has 1 fully saturated rings. The standard InChI is InChI=1S/C21H30N4O5/c1-16-14-24(12-11-22(16)2)21(26)18-15-23(10-5-4-6-13-30-25(27)28)20-17(18)8-7-9-19(20)29-3/h7-9,15-16H,4-6,10-14H2,1-3H3. The van der Waals surface area contributed by atoms with E-state index in [9.17, 15) is 14.9 Å². The molecule has 0 spiro atoms. The highest BCUT2D eigenvalue weighted by molar-refractivity contribution is 6.08. The number of amides is 1. The quantitative estimate of drug-likeness (QED) is 0.353. The lowest BCUT2D eigenvalue weighted by atomic mass is 10.1. The molecule has 1 saturated heterocycles. The molecule has 0 N–H and O–H groups in total. The minimum absolute atomic E-state index is 0.0475. The van der Waals surface area contributed by atoms with Gasteiger partial charge in [0, 0.05) is 43.8 Å². The van der Waals surface area contributed by atoms with Gasteiger partial charge >= 0.3 is 0 Å². The van der Waals surface area contributed by atoms with Crippen molar-refractivity contribution in [1.29, 1.82) is 0 Å². The Morgan fingerprint density at radius 2 is 2.07 bits per heavy atom. The molecule has 0 saturated carbocycles. The summed E-state index contributed by atoms with van der Waals surface area (Å²) in [7, 11) is 3.71. The summed E-state index contributed by atoms with van der Waals surface area (Å²) in [6, 6.07) is 6.10. The van der Waals surface area contributed by atoms with Crippen molar-refractivity contribution in [3.05, 3.63) is 40.1 Å². The Kier molecular flexibility index (Phi) is 7.15. The molecule has 1 aliphatic rings. The molecule has 2 heterocycles. The number of para-hydroxylation sites is 1. The number of methoxy groups -OCH3 is 1. The fraction of sp³-hybridized carbons (Fsp3) is 0.571. The van der Waals surface area contributed by atoms with Crippen LogP contribution in [0.15, 0.2) is 24.4 Å². The van der Waals surface area contributed by atoms with Gasteiger partial charge in [0.05, 0.1) is 24.8 Å². The first-order valence-electron chi connectivity index (χ1n) is 10.3. The van der Waals surface area contributed by atoms with Crippen LogP contribution in [-0.2, 0) is 11.4 Å². The highest BCUT2D eigenvalue weighted by atomic mass is 16.9. The molecule has 0 bridgehead atoms. The van der Waals surface area contributed by atoms with E-state index in [0.717, 1.165) is 36.0 Å². The Bertz CT molecular complexity index is 897. The number of benzene rings is 1. The van der Waals surface area contributed by atoms with Crippen LogP contribution in [0, 0.1) is 10.1 Å². The second-order valence-corrected chi connectivity index (χ2v) is 7.79. The van der Waals surface area contributed by atoms with Gasteiger partial charge in [0.2, 0.25) is 0 Å². The molecule has 0 aliphatic carbocycles. The SMILES string of the molecule is COc1cccc2c(C(=O)N3CCN(C)C(C)C3)cn(CCCCCO[N+](=O)[O-])c12. The van der Waals surface area contributed by atoms with E-state index in [1.54, 1.807) is 7.11 Å². The van der Waals surface area contributed by atoms with Crippen molar-refractivity contribution in [2.45, 2.75) is 38.8 Å². The van der Waals surface area contributed by atoms with E-state index >= 15 is 0 Å². The Morgan fingerprint density at radius 3 is 2.77 bits per heavy atom. The number of fused-ring (bicyclic) bond motifs is 1. The van der Waals surface area contributed by atoms with Gasteiger partial charge in [0.1, 0.15) is 5.75 Å². The zero-order valence-corrected chi connectivity index (χ0v) is 17.9. The number of piperazine rings is 1. The van der Waals surface area contributed by atoms with E-state index in [1.165, 1.54) is 0 Å². The van der Waals surface area contributed by atoms with E-state index in [4.69, 9.17) is 4.74 Å². The molecule has 1 aliphatic heterocycles. The minimum atomic E-state index is -0.762. The summed E-state index contributed by atoms with van der Waals surface area (Å²) >= 11 is 0. The van der Waals surface area contributed by atoms with Gasteiger partial charge in [0.15, 0.2) is 0 Å². The lowest BCUT2D eigenvalue weighted by molar-refractivity contribution is -0.757. The van der Waals surface area contributed by atoms with Gasteiger partial charge < -0.3 is 23.9 Å². The molecular weight excluding hydrogens is 388 g/mol. The van der Waals surface area contributed by atoms with Crippen LogP contribution in [0.1, 0.15) is 36.5 Å². The zero-order valence-electron chi connectivity index (χ0n) is 17.9. The molecule has 1 aromatic carbocycles. The fourth-order valence-corrected chi connectivity index (χ4v) is 3.94. The molecule has 9 nitrogen and oxygen atoms in total. The van der Waals surface area contributed by atoms with Crippen molar-refractivity contribution in [3.8, 4) is 5.75 Å². The zero-order chi connectivity index (χ0) is 21.7. The second kappa shape index (κ2) is 9.80. The third kappa shape index (κ3) is 4.84. The summed E-state index contributed by atoms with van der Waals surface area (Å²) in [6.07, 6.45) is 4.15. The first kappa shape index (κ1) is 21.9. The van der Waals surface area contributed by atoms with Crippen LogP contribution in [0.5, 0.6) is 5.75 Å². The molecule has 1 atom stereocenters. The predicted octanol–water partition coefficient (Wildman–Crippen LogP) is 2.80. The van der Waals surface area contributed by atoms with Crippen LogP contribution in [0.3, 0.4) is 0 Å². The summed E-state index contributed by atoms with van der Waals surface area (Å²) in [5.41, 5.74) is 1.60. The minimum Gasteiger partial charge on any atom is -0.495 e. The van der Waals surface area contributed by atoms with Crippen LogP contribution in [0.2, 0.25) is 0 Å². The summed E-state index contributed by atoms with van der Waals surface area (Å²) in [5.74, 6) is 0.779. The maximum atomic E-state index is 13.3. The number of unbranched alkanes of at least 4 members (excludes halogenated alkanes) is 2. The summed E-state index contributed by atoms with van der Waals surface area (Å²) in [4.78, 5) is 32.1. The molecule has 1 aromatic heterocycles. The molecule has 9 heteroatoms. The number of rotatable bonds is 9. The normalized spacial score (nSPS) is 17.3. The lowest BCUT2D eigenvalue weighted by Gasteiger charge is -2.37. The number of ether oxygens (including phenoxy) is 1. The van der Waals surface area contributed by atoms with Gasteiger partial charge in [-0.2, -0.15) is 0 Å². The van der Waals surface area contributed by atoms with E-state index in [1.807, 2.05) is 29.3 Å². The number of likely N-dealkylation sites (N-methyl/N-ethyl adjacent to an activating group) is 1. The smallest absolute Gasteiger partial charge is 0.294 e. The molecule has 30 heavy (non-hydrogen) atoms. The number of hydrogen-bond acceptors (Lipinski definition) is 6. The molecule has 1 amide bonds. The van der Waals surface area contributed by atoms with Crippen LogP contribution >= 0.6 is 0 Å². The molecule has 2 aromatic rings. The van der Waals surface area contributed by atoms with Crippen molar-refractivity contribution in [3.63, 3.8) is 0 Å². The number of hydrogen-bond donors (Lipinski definition) is 0. The highest BCUT2D eigenvalue weighted by Crippen LogP contribution is 2.31. The fourth-order valence-electron chi connectivity index (χ4n) is 3.94. The maximum Gasteiger partial charge on any atom is 0.294 e. The Labute approximate surface area is 176 Å². The number of aryl methyl sites for hydroxylation is 1. The van der Waals surface area contributed by atoms with Gasteiger partial charge in [-0.25, -0.2) is 0 Å². The highest BCUT2D eigenvalue weighted by Gasteiger charge is 2.27. The van der Waals surface area contributed by atoms with E-state index in [-0.39, 0.29) is 12.5 Å². The molecule has 3 rings (SSSR count). The second-order valence-electron chi connectivity index (χ2n) is 7.79. The van der Waals surface area contributed by atoms with Gasteiger partial charge in [-0.05, 0) is 39.3 Å². The topological polar surface area (TPSA) is 90.1 Å². The maximum absolute atomic E-state index is 13.3. The van der Waals surface area contributed by atoms with Gasteiger partial charge in [-0.15, -0.1) is 10.1 Å². The van der Waals surface area contributed by atoms with Crippen LogP contribution < -0.4 is 4.74 Å². The number of nitrogens with zero attached hydrogens (tertiary/aromatic N) is 4. The lowest BCUT2D eigenvalue weighted by Crippen LogP contribution is -2.51. The van der Waals surface area contributed by atoms with Crippen molar-refractivity contribution < 1.29 is 19.5 Å². The van der Waals surface area contributed by atoms with Gasteiger partial charge in [-0.1, -0.05) is 12.1 Å². The van der Waals surface area contributed by atoms with Crippen molar-refractivity contribution in [1.82, 2.24) is 14.4 Å². The van der Waals surface area contributed by atoms with Crippen LogP contribution in [0.4, 0.5) is 0 Å². The largest absolute Gasteiger partial charge is 0.495 e. The van der Waals surface area contributed by atoms with Crippen LogP contribution in [-0.4, -0.2) is 71.8 Å². The average Bonchev–Trinajstić information content (AvgIpc) is 3.10. The average molecular weight is 418 g/mol. The summed E-state index contributed by atoms with van der Waals surface area (Å²) < 4.78 is 7.63. The van der Waals surface area contributed by atoms with Gasteiger partial charge in [0.25, 0.3) is 11.0 Å². The third-order valence-corrected chi connectivity index (χ3v) is 5.80. The van der Waals surface area contributed by atoms with Crippen molar-refractivity contribution in [2.75, 3.05) is 40.4 Å². The monoisotopic (exact) mass is 418 g/mol. The van der Waals surface area contributed by atoms with Crippen LogP contribution in [0.25, 0.3) is 10.9 Å². The molecule has 1 unspecified atom stereocenters. The summed E-state index contributed by atoms with van der Waals surface area (Å²) in [6.45, 7) is 5.22. The predicted molar refractivity (Wildman–Crippen MR) is 113 cm³/mol. The van der Waals surface area contributed by atoms with E-state index < -0.39 is 5.09 Å². The number of carbonyl (C=O) groups excluding carboxylic acids is 1. The Balaban J connectivity index is 1.78. The molecule has 0 radical (unpaired) electrons. The number of aromatic nitrogens is 1. The van der Waals surface area contributed by atoms with E-state index in [2.05, 4.69) is 28.3 Å². The molecule has 164 valence electrons. The number of carbonyl (C=O) groups is 1. The van der Waals surface area contributed by atoms with Crippen molar-refractivity contribution in [2.24, 2.45) is 0 Å². The molecular formula is C21H30N4O5. The Hall–Kier alpha value is -2.81.